The second-order valence-corrected chi connectivity index (χ2v) is 8.22. The zero-order chi connectivity index (χ0) is 19.6. The molecule has 1 aliphatic heterocycles. The minimum absolute atomic E-state index is 0.117. The van der Waals surface area contributed by atoms with Crippen LogP contribution in [-0.4, -0.2) is 61.0 Å². The van der Waals surface area contributed by atoms with Gasteiger partial charge < -0.3 is 9.47 Å². The lowest BCUT2D eigenvalue weighted by Crippen LogP contribution is -2.46. The van der Waals surface area contributed by atoms with Crippen LogP contribution < -0.4 is 9.62 Å². The highest BCUT2D eigenvalue weighted by Crippen LogP contribution is 2.31. The third-order valence-electron chi connectivity index (χ3n) is 4.72. The van der Waals surface area contributed by atoms with Crippen LogP contribution in [-0.2, 0) is 23.6 Å². The SMILES string of the molecule is CNS(=O)(=O)c1ccc(N2CCN(Cc3nccn3C)CC2)c([N+](=O)[O-])c1. The van der Waals surface area contributed by atoms with Crippen LogP contribution in [0.15, 0.2) is 35.5 Å². The molecule has 1 aromatic carbocycles. The Labute approximate surface area is 157 Å². The number of hydrogen-bond acceptors (Lipinski definition) is 7. The van der Waals surface area contributed by atoms with Gasteiger partial charge in [0.15, 0.2) is 0 Å². The molecular weight excluding hydrogens is 372 g/mol. The van der Waals surface area contributed by atoms with Gasteiger partial charge in [0.1, 0.15) is 11.5 Å². The number of aryl methyl sites for hydroxylation is 1. The molecule has 27 heavy (non-hydrogen) atoms. The first-order valence-corrected chi connectivity index (χ1v) is 9.95. The van der Waals surface area contributed by atoms with Gasteiger partial charge in [-0.1, -0.05) is 0 Å². The standard InChI is InChI=1S/C16H22N6O4S/c1-17-27(25,26)13-3-4-14(15(11-13)22(23)24)21-9-7-20(8-10-21)12-16-18-5-6-19(16)2/h3-6,11,17H,7-10,12H2,1-2H3. The summed E-state index contributed by atoms with van der Waals surface area (Å²) in [4.78, 5) is 19.3. The Morgan fingerprint density at radius 3 is 2.52 bits per heavy atom. The lowest BCUT2D eigenvalue weighted by Gasteiger charge is -2.35. The highest BCUT2D eigenvalue weighted by Gasteiger charge is 2.26. The number of nitro benzene ring substituents is 1. The van der Waals surface area contributed by atoms with Crippen molar-refractivity contribution in [3.05, 3.63) is 46.5 Å². The Bertz CT molecular complexity index is 934. The van der Waals surface area contributed by atoms with Crippen molar-refractivity contribution in [1.82, 2.24) is 19.2 Å². The molecule has 0 aliphatic carbocycles. The first-order valence-electron chi connectivity index (χ1n) is 8.47. The molecule has 0 bridgehead atoms. The molecule has 146 valence electrons. The number of aromatic nitrogens is 2. The fraction of sp³-hybridized carbons (Fsp3) is 0.438. The van der Waals surface area contributed by atoms with Crippen molar-refractivity contribution in [3.63, 3.8) is 0 Å². The van der Waals surface area contributed by atoms with Crippen LogP contribution >= 0.6 is 0 Å². The molecule has 0 radical (unpaired) electrons. The van der Waals surface area contributed by atoms with Crippen molar-refractivity contribution in [2.75, 3.05) is 38.1 Å². The summed E-state index contributed by atoms with van der Waals surface area (Å²) < 4.78 is 28.0. The summed E-state index contributed by atoms with van der Waals surface area (Å²) in [6.07, 6.45) is 3.66. The van der Waals surface area contributed by atoms with Gasteiger partial charge in [0, 0.05) is 51.7 Å². The second kappa shape index (κ2) is 7.62. The van der Waals surface area contributed by atoms with Crippen LogP contribution in [0.4, 0.5) is 11.4 Å². The molecule has 2 heterocycles. The predicted molar refractivity (Wildman–Crippen MR) is 100 cm³/mol. The Kier molecular flexibility index (Phi) is 5.44. The number of benzene rings is 1. The van der Waals surface area contributed by atoms with E-state index in [0.717, 1.165) is 31.5 Å². The molecule has 1 fully saturated rings. The lowest BCUT2D eigenvalue weighted by atomic mass is 10.2. The number of sulfonamides is 1. The van der Waals surface area contributed by atoms with Gasteiger partial charge >= 0.3 is 0 Å². The van der Waals surface area contributed by atoms with Crippen LogP contribution in [0.25, 0.3) is 0 Å². The maximum absolute atomic E-state index is 11.9. The third-order valence-corrected chi connectivity index (χ3v) is 6.13. The summed E-state index contributed by atoms with van der Waals surface area (Å²) in [6, 6.07) is 4.02. The van der Waals surface area contributed by atoms with E-state index in [1.807, 2.05) is 22.7 Å². The fourth-order valence-corrected chi connectivity index (χ4v) is 3.85. The molecule has 1 aliphatic rings. The van der Waals surface area contributed by atoms with Gasteiger partial charge in [-0.3, -0.25) is 15.0 Å². The highest BCUT2D eigenvalue weighted by molar-refractivity contribution is 7.89. The van der Waals surface area contributed by atoms with Gasteiger partial charge in [-0.05, 0) is 19.2 Å². The van der Waals surface area contributed by atoms with E-state index >= 15 is 0 Å². The Morgan fingerprint density at radius 1 is 1.26 bits per heavy atom. The van der Waals surface area contributed by atoms with Crippen LogP contribution in [0.1, 0.15) is 5.82 Å². The van der Waals surface area contributed by atoms with Crippen LogP contribution in [0.3, 0.4) is 0 Å². The first-order chi connectivity index (χ1) is 12.8. The summed E-state index contributed by atoms with van der Waals surface area (Å²) >= 11 is 0. The molecule has 0 spiro atoms. The number of nitro groups is 1. The molecule has 0 atom stereocenters. The van der Waals surface area contributed by atoms with Crippen LogP contribution in [0, 0.1) is 10.1 Å². The largest absolute Gasteiger partial charge is 0.363 e. The molecule has 0 amide bonds. The number of anilines is 1. The lowest BCUT2D eigenvalue weighted by molar-refractivity contribution is -0.384. The van der Waals surface area contributed by atoms with Gasteiger partial charge in [-0.25, -0.2) is 18.1 Å². The quantitative estimate of drug-likeness (QED) is 0.562. The number of imidazole rings is 1. The van der Waals surface area contributed by atoms with Gasteiger partial charge in [-0.2, -0.15) is 0 Å². The molecule has 1 saturated heterocycles. The zero-order valence-corrected chi connectivity index (χ0v) is 16.0. The second-order valence-electron chi connectivity index (χ2n) is 6.33. The van der Waals surface area contributed by atoms with Gasteiger partial charge in [0.25, 0.3) is 5.69 Å². The first kappa shape index (κ1) is 19.3. The monoisotopic (exact) mass is 394 g/mol. The average Bonchev–Trinajstić information content (AvgIpc) is 3.06. The number of rotatable bonds is 6. The summed E-state index contributed by atoms with van der Waals surface area (Å²) in [7, 11) is -0.513. The van der Waals surface area contributed by atoms with E-state index in [4.69, 9.17) is 0 Å². The number of nitrogens with zero attached hydrogens (tertiary/aromatic N) is 5. The summed E-state index contributed by atoms with van der Waals surface area (Å²) in [6.45, 7) is 3.42. The van der Waals surface area contributed by atoms with Crippen molar-refractivity contribution in [2.45, 2.75) is 11.4 Å². The minimum Gasteiger partial charge on any atom is -0.363 e. The number of piperazine rings is 1. The summed E-state index contributed by atoms with van der Waals surface area (Å²) in [5, 5.41) is 11.5. The van der Waals surface area contributed by atoms with Crippen molar-refractivity contribution in [1.29, 1.82) is 0 Å². The van der Waals surface area contributed by atoms with Crippen molar-refractivity contribution in [3.8, 4) is 0 Å². The molecule has 1 aromatic heterocycles. The molecule has 3 rings (SSSR count). The Balaban J connectivity index is 1.75. The maximum Gasteiger partial charge on any atom is 0.293 e. The van der Waals surface area contributed by atoms with E-state index in [0.29, 0.717) is 18.8 Å². The van der Waals surface area contributed by atoms with E-state index in [9.17, 15) is 18.5 Å². The van der Waals surface area contributed by atoms with Crippen molar-refractivity contribution >= 4 is 21.4 Å². The smallest absolute Gasteiger partial charge is 0.293 e. The number of nitrogens with one attached hydrogen (secondary N) is 1. The van der Waals surface area contributed by atoms with Gasteiger partial charge in [0.2, 0.25) is 10.0 Å². The minimum atomic E-state index is -3.73. The van der Waals surface area contributed by atoms with Gasteiger partial charge in [0.05, 0.1) is 16.4 Å². The number of hydrogen-bond donors (Lipinski definition) is 1. The average molecular weight is 394 g/mol. The molecule has 0 unspecified atom stereocenters. The summed E-state index contributed by atoms with van der Waals surface area (Å²) in [5.74, 6) is 0.969. The molecule has 0 saturated carbocycles. The highest BCUT2D eigenvalue weighted by atomic mass is 32.2. The molecule has 11 heteroatoms. The normalized spacial score (nSPS) is 15.9. The topological polar surface area (TPSA) is 114 Å². The molecular formula is C16H22N6O4S. The zero-order valence-electron chi connectivity index (χ0n) is 15.2. The van der Waals surface area contributed by atoms with Crippen LogP contribution in [0.5, 0.6) is 0 Å². The molecule has 1 N–H and O–H groups in total. The van der Waals surface area contributed by atoms with Crippen molar-refractivity contribution in [2.24, 2.45) is 7.05 Å². The van der Waals surface area contributed by atoms with E-state index in [-0.39, 0.29) is 10.6 Å². The van der Waals surface area contributed by atoms with Gasteiger partial charge in [-0.15, -0.1) is 0 Å². The van der Waals surface area contributed by atoms with E-state index in [1.165, 1.54) is 19.2 Å². The van der Waals surface area contributed by atoms with Crippen molar-refractivity contribution < 1.29 is 13.3 Å². The summed E-state index contributed by atoms with van der Waals surface area (Å²) in [5.41, 5.74) is 0.232. The maximum atomic E-state index is 11.9. The van der Waals surface area contributed by atoms with E-state index in [2.05, 4.69) is 14.6 Å². The van der Waals surface area contributed by atoms with Crippen LogP contribution in [0.2, 0.25) is 0 Å². The Hall–Kier alpha value is -2.50. The van der Waals surface area contributed by atoms with E-state index in [1.54, 1.807) is 6.20 Å². The molecule has 10 nitrogen and oxygen atoms in total. The fourth-order valence-electron chi connectivity index (χ4n) is 3.10. The predicted octanol–water partition coefficient (Wildman–Crippen LogP) is 0.559. The molecule has 2 aromatic rings. The van der Waals surface area contributed by atoms with E-state index < -0.39 is 14.9 Å². The Morgan fingerprint density at radius 2 is 1.96 bits per heavy atom. The third kappa shape index (κ3) is 4.10.